The molecule has 0 amide bonds. The molecule has 0 aliphatic rings. The Kier molecular flexibility index (Phi) is 3.53. The molecule has 0 aromatic heterocycles. The summed E-state index contributed by atoms with van der Waals surface area (Å²) in [4.78, 5) is 11.2. The Morgan fingerprint density at radius 3 is 2.56 bits per heavy atom. The lowest BCUT2D eigenvalue weighted by atomic mass is 9.99. The van der Waals surface area contributed by atoms with Gasteiger partial charge in [-0.1, -0.05) is 29.8 Å². The smallest absolute Gasteiger partial charge is 0.336 e. The third-order valence-electron chi connectivity index (χ3n) is 2.61. The lowest BCUT2D eigenvalue weighted by Gasteiger charge is -2.11. The van der Waals surface area contributed by atoms with Crippen LogP contribution in [0.25, 0.3) is 11.1 Å². The molecule has 0 saturated carbocycles. The quantitative estimate of drug-likeness (QED) is 0.917. The molecule has 3 nitrogen and oxygen atoms in total. The molecule has 0 atom stereocenters. The van der Waals surface area contributed by atoms with Crippen molar-refractivity contribution < 1.29 is 14.6 Å². The Bertz CT molecular complexity index is 593. The second kappa shape index (κ2) is 5.10. The van der Waals surface area contributed by atoms with Gasteiger partial charge in [0.2, 0.25) is 0 Å². The van der Waals surface area contributed by atoms with E-state index in [2.05, 4.69) is 0 Å². The number of methoxy groups -OCH3 is 1. The van der Waals surface area contributed by atoms with Crippen LogP contribution in [0.5, 0.6) is 5.75 Å². The first-order chi connectivity index (χ1) is 8.63. The van der Waals surface area contributed by atoms with Gasteiger partial charge in [0.25, 0.3) is 0 Å². The van der Waals surface area contributed by atoms with Gasteiger partial charge in [-0.05, 0) is 24.3 Å². The topological polar surface area (TPSA) is 46.5 Å². The number of carbonyl (C=O) groups is 1. The highest BCUT2D eigenvalue weighted by Gasteiger charge is 2.15. The fourth-order valence-electron chi connectivity index (χ4n) is 1.79. The molecule has 0 radical (unpaired) electrons. The molecule has 18 heavy (non-hydrogen) atoms. The van der Waals surface area contributed by atoms with E-state index in [1.54, 1.807) is 31.4 Å². The average Bonchev–Trinajstić information content (AvgIpc) is 2.38. The highest BCUT2D eigenvalue weighted by molar-refractivity contribution is 6.31. The van der Waals surface area contributed by atoms with Crippen LogP contribution >= 0.6 is 11.6 Å². The van der Waals surface area contributed by atoms with Gasteiger partial charge >= 0.3 is 5.97 Å². The zero-order valence-corrected chi connectivity index (χ0v) is 10.4. The summed E-state index contributed by atoms with van der Waals surface area (Å²) in [6.07, 6.45) is 0. The van der Waals surface area contributed by atoms with E-state index in [4.69, 9.17) is 16.3 Å². The average molecular weight is 263 g/mol. The number of ether oxygens (including phenoxy) is 1. The summed E-state index contributed by atoms with van der Waals surface area (Å²) in [5.74, 6) is -0.380. The van der Waals surface area contributed by atoms with Crippen LogP contribution < -0.4 is 4.74 Å². The first-order valence-corrected chi connectivity index (χ1v) is 5.67. The summed E-state index contributed by atoms with van der Waals surface area (Å²) in [5.41, 5.74) is 1.45. The molecule has 0 aliphatic heterocycles. The molecule has 0 fully saturated rings. The van der Waals surface area contributed by atoms with Crippen molar-refractivity contribution in [2.24, 2.45) is 0 Å². The summed E-state index contributed by atoms with van der Waals surface area (Å²) in [7, 11) is 1.55. The zero-order chi connectivity index (χ0) is 13.1. The van der Waals surface area contributed by atoms with Crippen LogP contribution in [-0.4, -0.2) is 18.2 Å². The standard InChI is InChI=1S/C14H11ClO3/c1-18-13-5-3-2-4-10(13)12-8-9(15)6-7-11(12)14(16)17/h2-8H,1H3,(H,16,17). The molecule has 92 valence electrons. The summed E-state index contributed by atoms with van der Waals surface area (Å²) in [5, 5.41) is 9.68. The number of rotatable bonds is 3. The van der Waals surface area contributed by atoms with Crippen molar-refractivity contribution in [2.45, 2.75) is 0 Å². The van der Waals surface area contributed by atoms with Crippen LogP contribution in [0.1, 0.15) is 10.4 Å². The molecule has 4 heteroatoms. The molecule has 2 aromatic rings. The van der Waals surface area contributed by atoms with Gasteiger partial charge < -0.3 is 9.84 Å². The summed E-state index contributed by atoms with van der Waals surface area (Å²) in [6.45, 7) is 0. The van der Waals surface area contributed by atoms with E-state index < -0.39 is 5.97 Å². The SMILES string of the molecule is COc1ccccc1-c1cc(Cl)ccc1C(=O)O. The predicted octanol–water partition coefficient (Wildman–Crippen LogP) is 3.71. The Labute approximate surface area is 110 Å². The van der Waals surface area contributed by atoms with Gasteiger partial charge in [0.05, 0.1) is 12.7 Å². The van der Waals surface area contributed by atoms with E-state index >= 15 is 0 Å². The molecule has 2 aromatic carbocycles. The van der Waals surface area contributed by atoms with Crippen LogP contribution in [0.3, 0.4) is 0 Å². The maximum Gasteiger partial charge on any atom is 0.336 e. The number of aromatic carboxylic acids is 1. The van der Waals surface area contributed by atoms with Crippen molar-refractivity contribution in [1.82, 2.24) is 0 Å². The number of benzene rings is 2. The predicted molar refractivity (Wildman–Crippen MR) is 70.4 cm³/mol. The number of hydrogen-bond donors (Lipinski definition) is 1. The number of para-hydroxylation sites is 1. The molecule has 0 heterocycles. The van der Waals surface area contributed by atoms with Gasteiger partial charge in [-0.15, -0.1) is 0 Å². The summed E-state index contributed by atoms with van der Waals surface area (Å²) >= 11 is 5.93. The molecule has 0 spiro atoms. The molecule has 2 rings (SSSR count). The third-order valence-corrected chi connectivity index (χ3v) is 2.84. The largest absolute Gasteiger partial charge is 0.496 e. The van der Waals surface area contributed by atoms with Crippen LogP contribution in [-0.2, 0) is 0 Å². The maximum atomic E-state index is 11.2. The molecule has 0 bridgehead atoms. The van der Waals surface area contributed by atoms with E-state index in [9.17, 15) is 9.90 Å². The highest BCUT2D eigenvalue weighted by Crippen LogP contribution is 2.33. The van der Waals surface area contributed by atoms with Crippen LogP contribution in [0, 0.1) is 0 Å². The van der Waals surface area contributed by atoms with Gasteiger partial charge in [0.15, 0.2) is 0 Å². The highest BCUT2D eigenvalue weighted by atomic mass is 35.5. The maximum absolute atomic E-state index is 11.2. The van der Waals surface area contributed by atoms with Crippen molar-refractivity contribution >= 4 is 17.6 Å². The summed E-state index contributed by atoms with van der Waals surface area (Å²) < 4.78 is 5.24. The van der Waals surface area contributed by atoms with Crippen molar-refractivity contribution in [2.75, 3.05) is 7.11 Å². The van der Waals surface area contributed by atoms with E-state index in [0.717, 1.165) is 0 Å². The van der Waals surface area contributed by atoms with Crippen molar-refractivity contribution in [3.63, 3.8) is 0 Å². The van der Waals surface area contributed by atoms with Gasteiger partial charge in [0.1, 0.15) is 5.75 Å². The van der Waals surface area contributed by atoms with Gasteiger partial charge in [-0.3, -0.25) is 0 Å². The van der Waals surface area contributed by atoms with E-state index in [1.165, 1.54) is 6.07 Å². The van der Waals surface area contributed by atoms with Gasteiger partial charge in [-0.2, -0.15) is 0 Å². The van der Waals surface area contributed by atoms with E-state index in [0.29, 0.717) is 21.9 Å². The fourth-order valence-corrected chi connectivity index (χ4v) is 1.97. The number of hydrogen-bond acceptors (Lipinski definition) is 2. The molecule has 1 N–H and O–H groups in total. The molecular weight excluding hydrogens is 252 g/mol. The fraction of sp³-hybridized carbons (Fsp3) is 0.0714. The van der Waals surface area contributed by atoms with Gasteiger partial charge in [0, 0.05) is 16.1 Å². The second-order valence-corrected chi connectivity index (χ2v) is 4.13. The first-order valence-electron chi connectivity index (χ1n) is 5.29. The molecule has 0 saturated heterocycles. The minimum atomic E-state index is -0.993. The van der Waals surface area contributed by atoms with Crippen molar-refractivity contribution in [1.29, 1.82) is 0 Å². The second-order valence-electron chi connectivity index (χ2n) is 3.70. The van der Waals surface area contributed by atoms with Crippen molar-refractivity contribution in [3.05, 3.63) is 53.1 Å². The third kappa shape index (κ3) is 2.31. The molecular formula is C14H11ClO3. The Morgan fingerprint density at radius 2 is 1.89 bits per heavy atom. The minimum absolute atomic E-state index is 0.198. The molecule has 0 aliphatic carbocycles. The number of carboxylic acid groups (broad SMARTS) is 1. The van der Waals surface area contributed by atoms with E-state index in [-0.39, 0.29) is 5.56 Å². The normalized spacial score (nSPS) is 10.1. The first kappa shape index (κ1) is 12.5. The van der Waals surface area contributed by atoms with Gasteiger partial charge in [-0.25, -0.2) is 4.79 Å². The van der Waals surface area contributed by atoms with Crippen molar-refractivity contribution in [3.8, 4) is 16.9 Å². The van der Waals surface area contributed by atoms with Crippen LogP contribution in [0.4, 0.5) is 0 Å². The monoisotopic (exact) mass is 262 g/mol. The van der Waals surface area contributed by atoms with Crippen LogP contribution in [0.15, 0.2) is 42.5 Å². The lowest BCUT2D eigenvalue weighted by molar-refractivity contribution is 0.0698. The number of carboxylic acids is 1. The zero-order valence-electron chi connectivity index (χ0n) is 9.68. The number of halogens is 1. The lowest BCUT2D eigenvalue weighted by Crippen LogP contribution is -2.00. The van der Waals surface area contributed by atoms with E-state index in [1.807, 2.05) is 12.1 Å². The summed E-state index contributed by atoms with van der Waals surface area (Å²) in [6, 6.07) is 11.9. The van der Waals surface area contributed by atoms with Crippen LogP contribution in [0.2, 0.25) is 5.02 Å². The molecule has 0 unspecified atom stereocenters. The Balaban J connectivity index is 2.69. The Hall–Kier alpha value is -2.00. The Morgan fingerprint density at radius 1 is 1.17 bits per heavy atom. The minimum Gasteiger partial charge on any atom is -0.496 e.